The first-order chi connectivity index (χ1) is 10.5. The van der Waals surface area contributed by atoms with Crippen LogP contribution >= 0.6 is 0 Å². The van der Waals surface area contributed by atoms with Crippen molar-refractivity contribution in [2.45, 2.75) is 26.8 Å². The first-order valence-electron chi connectivity index (χ1n) is 7.23. The Morgan fingerprint density at radius 2 is 1.95 bits per heavy atom. The van der Waals surface area contributed by atoms with Crippen molar-refractivity contribution in [3.8, 4) is 11.5 Å². The molecule has 0 radical (unpaired) electrons. The van der Waals surface area contributed by atoms with E-state index in [0.717, 1.165) is 11.1 Å². The van der Waals surface area contributed by atoms with Crippen LogP contribution in [0.1, 0.15) is 32.4 Å². The molecule has 0 spiro atoms. The third-order valence-electron chi connectivity index (χ3n) is 3.01. The van der Waals surface area contributed by atoms with Crippen LogP contribution in [0.15, 0.2) is 29.8 Å². The lowest BCUT2D eigenvalue weighted by Gasteiger charge is -2.16. The molecule has 0 saturated heterocycles. The van der Waals surface area contributed by atoms with Crippen molar-refractivity contribution in [3.05, 3.63) is 35.4 Å². The molecule has 0 fully saturated rings. The summed E-state index contributed by atoms with van der Waals surface area (Å²) in [6, 6.07) is 5.51. The molecule has 1 atom stereocenters. The molecule has 1 aromatic rings. The van der Waals surface area contributed by atoms with Gasteiger partial charge in [-0.25, -0.2) is 0 Å². The van der Waals surface area contributed by atoms with Crippen LogP contribution in [0.25, 0.3) is 0 Å². The van der Waals surface area contributed by atoms with E-state index in [4.69, 9.17) is 14.2 Å². The smallest absolute Gasteiger partial charge is 0.244 e. The number of nitrogens with one attached hydrogen (secondary N) is 1. The highest BCUT2D eigenvalue weighted by molar-refractivity contribution is 5.88. The van der Waals surface area contributed by atoms with Crippen molar-refractivity contribution in [3.63, 3.8) is 0 Å². The summed E-state index contributed by atoms with van der Waals surface area (Å²) in [6.45, 7) is 6.68. The molecular formula is C17H25NO4. The topological polar surface area (TPSA) is 56.8 Å². The predicted octanol–water partition coefficient (Wildman–Crippen LogP) is 2.86. The van der Waals surface area contributed by atoms with E-state index in [1.165, 1.54) is 0 Å². The van der Waals surface area contributed by atoms with E-state index in [1.54, 1.807) is 20.3 Å². The summed E-state index contributed by atoms with van der Waals surface area (Å²) in [5.41, 5.74) is 1.91. The molecule has 22 heavy (non-hydrogen) atoms. The average Bonchev–Trinajstić information content (AvgIpc) is 2.46. The molecule has 5 nitrogen and oxygen atoms in total. The van der Waals surface area contributed by atoms with E-state index in [9.17, 15) is 4.79 Å². The first-order valence-corrected chi connectivity index (χ1v) is 7.23. The minimum atomic E-state index is -0.120. The second-order valence-corrected chi connectivity index (χ2v) is 5.20. The van der Waals surface area contributed by atoms with E-state index < -0.39 is 0 Å². The molecule has 1 aromatic carbocycles. The third-order valence-corrected chi connectivity index (χ3v) is 3.01. The molecule has 0 aliphatic carbocycles. The minimum absolute atomic E-state index is 0.105. The summed E-state index contributed by atoms with van der Waals surface area (Å²) in [7, 11) is 3.22. The van der Waals surface area contributed by atoms with Gasteiger partial charge in [-0.1, -0.05) is 11.6 Å². The van der Waals surface area contributed by atoms with Crippen LogP contribution in [0.5, 0.6) is 11.5 Å². The number of rotatable bonds is 8. The Balaban J connectivity index is 2.79. The van der Waals surface area contributed by atoms with Crippen molar-refractivity contribution < 1.29 is 19.0 Å². The molecule has 0 bridgehead atoms. The number of allylic oxidation sites excluding steroid dienone is 1. The van der Waals surface area contributed by atoms with Crippen LogP contribution < -0.4 is 14.8 Å². The first kappa shape index (κ1) is 18.0. The molecule has 1 amide bonds. The van der Waals surface area contributed by atoms with Gasteiger partial charge in [-0.05, 0) is 38.5 Å². The molecule has 5 heteroatoms. The van der Waals surface area contributed by atoms with E-state index in [1.807, 2.05) is 39.0 Å². The zero-order valence-corrected chi connectivity index (χ0v) is 13.9. The van der Waals surface area contributed by atoms with Gasteiger partial charge in [0.2, 0.25) is 5.91 Å². The maximum Gasteiger partial charge on any atom is 0.244 e. The van der Waals surface area contributed by atoms with Gasteiger partial charge in [0.05, 0.1) is 19.8 Å². The molecule has 0 unspecified atom stereocenters. The van der Waals surface area contributed by atoms with Gasteiger partial charge >= 0.3 is 0 Å². The average molecular weight is 307 g/mol. The Morgan fingerprint density at radius 3 is 2.55 bits per heavy atom. The third kappa shape index (κ3) is 5.77. The van der Waals surface area contributed by atoms with Gasteiger partial charge in [0.25, 0.3) is 0 Å². The maximum atomic E-state index is 11.8. The zero-order chi connectivity index (χ0) is 16.5. The van der Waals surface area contributed by atoms with Crippen LogP contribution in [0.2, 0.25) is 0 Å². The number of hydrogen-bond acceptors (Lipinski definition) is 4. The lowest BCUT2D eigenvalue weighted by atomic mass is 10.1. The van der Waals surface area contributed by atoms with Gasteiger partial charge in [-0.15, -0.1) is 0 Å². The van der Waals surface area contributed by atoms with E-state index in [0.29, 0.717) is 24.7 Å². The highest BCUT2D eigenvalue weighted by Crippen LogP contribution is 2.30. The molecular weight excluding hydrogens is 282 g/mol. The minimum Gasteiger partial charge on any atom is -0.493 e. The molecule has 0 aromatic heterocycles. The van der Waals surface area contributed by atoms with Crippen molar-refractivity contribution in [1.29, 1.82) is 0 Å². The number of carbonyl (C=O) groups is 1. The van der Waals surface area contributed by atoms with Gasteiger partial charge < -0.3 is 19.5 Å². The summed E-state index contributed by atoms with van der Waals surface area (Å²) in [5, 5.41) is 2.92. The van der Waals surface area contributed by atoms with Crippen LogP contribution in [-0.2, 0) is 9.53 Å². The summed E-state index contributed by atoms with van der Waals surface area (Å²) < 4.78 is 15.9. The Morgan fingerprint density at radius 1 is 1.23 bits per heavy atom. The monoisotopic (exact) mass is 307 g/mol. The van der Waals surface area contributed by atoms with Crippen LogP contribution in [-0.4, -0.2) is 33.3 Å². The van der Waals surface area contributed by atoms with Gasteiger partial charge in [-0.3, -0.25) is 4.79 Å². The number of benzene rings is 1. The predicted molar refractivity (Wildman–Crippen MR) is 86.4 cm³/mol. The van der Waals surface area contributed by atoms with Crippen molar-refractivity contribution >= 4 is 5.91 Å². The van der Waals surface area contributed by atoms with E-state index in [2.05, 4.69) is 5.32 Å². The molecule has 0 aliphatic heterocycles. The fourth-order valence-electron chi connectivity index (χ4n) is 1.91. The quantitative estimate of drug-likeness (QED) is 0.593. The molecule has 0 aliphatic rings. The Kier molecular flexibility index (Phi) is 7.46. The summed E-state index contributed by atoms with van der Waals surface area (Å²) in [6.07, 6.45) is 1.58. The SMILES string of the molecule is COCCOc1ccc([C@@H](C)NC(=O)C=C(C)C)cc1OC. The standard InChI is InChI=1S/C17H25NO4/c1-12(2)10-17(19)18-13(3)14-6-7-15(16(11-14)21-5)22-9-8-20-4/h6-7,10-11,13H,8-9H2,1-5H3,(H,18,19)/t13-/m1/s1. The summed E-state index contributed by atoms with van der Waals surface area (Å²) in [4.78, 5) is 11.8. The number of methoxy groups -OCH3 is 2. The lowest BCUT2D eigenvalue weighted by molar-refractivity contribution is -0.117. The van der Waals surface area contributed by atoms with Gasteiger partial charge in [0.1, 0.15) is 6.61 Å². The van der Waals surface area contributed by atoms with Crippen molar-refractivity contribution in [1.82, 2.24) is 5.32 Å². The van der Waals surface area contributed by atoms with Crippen LogP contribution in [0.4, 0.5) is 0 Å². The normalized spacial score (nSPS) is 11.5. The van der Waals surface area contributed by atoms with E-state index >= 15 is 0 Å². The number of amides is 1. The Hall–Kier alpha value is -2.01. The second-order valence-electron chi connectivity index (χ2n) is 5.20. The van der Waals surface area contributed by atoms with Crippen LogP contribution in [0.3, 0.4) is 0 Å². The largest absolute Gasteiger partial charge is 0.493 e. The second kappa shape index (κ2) is 9.10. The van der Waals surface area contributed by atoms with Gasteiger partial charge in [0.15, 0.2) is 11.5 Å². The fourth-order valence-corrected chi connectivity index (χ4v) is 1.91. The number of carbonyl (C=O) groups excluding carboxylic acids is 1. The zero-order valence-electron chi connectivity index (χ0n) is 13.9. The van der Waals surface area contributed by atoms with Gasteiger partial charge in [-0.2, -0.15) is 0 Å². The Bertz CT molecular complexity index is 521. The number of ether oxygens (including phenoxy) is 3. The molecule has 0 heterocycles. The van der Waals surface area contributed by atoms with Crippen LogP contribution in [0, 0.1) is 0 Å². The summed E-state index contributed by atoms with van der Waals surface area (Å²) in [5.74, 6) is 1.19. The molecule has 1 rings (SSSR count). The molecule has 122 valence electrons. The highest BCUT2D eigenvalue weighted by atomic mass is 16.5. The molecule has 0 saturated carbocycles. The molecule has 1 N–H and O–H groups in total. The fraction of sp³-hybridized carbons (Fsp3) is 0.471. The maximum absolute atomic E-state index is 11.8. The van der Waals surface area contributed by atoms with Gasteiger partial charge in [0, 0.05) is 13.2 Å². The number of hydrogen-bond donors (Lipinski definition) is 1. The van der Waals surface area contributed by atoms with Crippen molar-refractivity contribution in [2.24, 2.45) is 0 Å². The van der Waals surface area contributed by atoms with Crippen molar-refractivity contribution in [2.75, 3.05) is 27.4 Å². The van der Waals surface area contributed by atoms with E-state index in [-0.39, 0.29) is 11.9 Å². The Labute approximate surface area is 132 Å². The lowest BCUT2D eigenvalue weighted by Crippen LogP contribution is -2.24. The highest BCUT2D eigenvalue weighted by Gasteiger charge is 2.12. The summed E-state index contributed by atoms with van der Waals surface area (Å²) >= 11 is 0.